The molecule has 0 aromatic carbocycles. The van der Waals surface area contributed by atoms with Crippen molar-refractivity contribution in [3.05, 3.63) is 35.4 Å². The maximum absolute atomic E-state index is 12.1. The predicted octanol–water partition coefficient (Wildman–Crippen LogP) is 3.18. The molecule has 0 saturated heterocycles. The quantitative estimate of drug-likeness (QED) is 0.448. The Morgan fingerprint density at radius 2 is 2.12 bits per heavy atom. The number of carbonyl (C=O) groups is 1. The summed E-state index contributed by atoms with van der Waals surface area (Å²) in [5.41, 5.74) is 1.55. The number of hydrogen-bond acceptors (Lipinski definition) is 7. The van der Waals surface area contributed by atoms with Gasteiger partial charge in [-0.25, -0.2) is 9.78 Å². The van der Waals surface area contributed by atoms with Gasteiger partial charge in [0.1, 0.15) is 10.7 Å². The van der Waals surface area contributed by atoms with Gasteiger partial charge in [0.25, 0.3) is 0 Å². The summed E-state index contributed by atoms with van der Waals surface area (Å²) < 4.78 is 17.7. The van der Waals surface area contributed by atoms with Crippen LogP contribution in [0.15, 0.2) is 24.7 Å². The molecule has 2 heterocycles. The van der Waals surface area contributed by atoms with E-state index in [-0.39, 0.29) is 17.8 Å². The maximum atomic E-state index is 12.1. The maximum Gasteiger partial charge on any atom is 0.341 e. The number of aromatic nitrogens is 3. The van der Waals surface area contributed by atoms with Gasteiger partial charge in [0.2, 0.25) is 0 Å². The lowest BCUT2D eigenvalue weighted by Gasteiger charge is -2.44. The summed E-state index contributed by atoms with van der Waals surface area (Å²) in [7, 11) is 3.28. The van der Waals surface area contributed by atoms with Crippen LogP contribution in [0, 0.1) is 0 Å². The number of anilines is 2. The SMILES string of the molecule is CCOC(=O)c1cnc(Cl)cc1Nc1cnn(C2CC(OC)(OC)C2)c1. The molecular weight excluding hydrogens is 360 g/mol. The number of esters is 1. The number of methoxy groups -OCH3 is 2. The lowest BCUT2D eigenvalue weighted by atomic mass is 9.85. The molecule has 26 heavy (non-hydrogen) atoms. The van der Waals surface area contributed by atoms with Crippen LogP contribution in [0.4, 0.5) is 11.4 Å². The predicted molar refractivity (Wildman–Crippen MR) is 95.7 cm³/mol. The summed E-state index contributed by atoms with van der Waals surface area (Å²) in [6, 6.07) is 1.77. The second-order valence-corrected chi connectivity index (χ2v) is 6.38. The van der Waals surface area contributed by atoms with Crippen LogP contribution >= 0.6 is 11.6 Å². The minimum atomic E-state index is -0.528. The topological polar surface area (TPSA) is 87.5 Å². The zero-order valence-corrected chi connectivity index (χ0v) is 15.6. The fourth-order valence-corrected chi connectivity index (χ4v) is 3.08. The van der Waals surface area contributed by atoms with E-state index in [4.69, 9.17) is 25.8 Å². The van der Waals surface area contributed by atoms with Crippen LogP contribution in [0.25, 0.3) is 0 Å². The summed E-state index contributed by atoms with van der Waals surface area (Å²) in [6.45, 7) is 2.03. The molecule has 2 aromatic heterocycles. The number of halogens is 1. The Kier molecular flexibility index (Phi) is 5.45. The van der Waals surface area contributed by atoms with Crippen molar-refractivity contribution in [1.82, 2.24) is 14.8 Å². The van der Waals surface area contributed by atoms with Crippen LogP contribution in [0.5, 0.6) is 0 Å². The number of nitrogens with zero attached hydrogens (tertiary/aromatic N) is 3. The van der Waals surface area contributed by atoms with Crippen molar-refractivity contribution < 1.29 is 19.0 Å². The van der Waals surface area contributed by atoms with Crippen molar-refractivity contribution in [2.45, 2.75) is 31.6 Å². The van der Waals surface area contributed by atoms with E-state index in [9.17, 15) is 4.79 Å². The fraction of sp³-hybridized carbons (Fsp3) is 0.471. The minimum Gasteiger partial charge on any atom is -0.462 e. The van der Waals surface area contributed by atoms with E-state index in [0.29, 0.717) is 11.3 Å². The highest BCUT2D eigenvalue weighted by Gasteiger charge is 2.46. The van der Waals surface area contributed by atoms with Crippen LogP contribution in [0.3, 0.4) is 0 Å². The molecule has 1 aliphatic rings. The summed E-state index contributed by atoms with van der Waals surface area (Å²) in [4.78, 5) is 16.0. The van der Waals surface area contributed by atoms with Gasteiger partial charge in [0, 0.05) is 39.5 Å². The summed E-state index contributed by atoms with van der Waals surface area (Å²) in [6.07, 6.45) is 6.38. The number of carbonyl (C=O) groups excluding carboxylic acids is 1. The average Bonchev–Trinajstić information content (AvgIpc) is 3.03. The number of hydrogen-bond donors (Lipinski definition) is 1. The van der Waals surface area contributed by atoms with Gasteiger partial charge in [-0.05, 0) is 13.0 Å². The highest BCUT2D eigenvalue weighted by molar-refractivity contribution is 6.29. The molecule has 0 unspecified atom stereocenters. The smallest absolute Gasteiger partial charge is 0.341 e. The van der Waals surface area contributed by atoms with E-state index < -0.39 is 11.8 Å². The second kappa shape index (κ2) is 7.61. The standard InChI is InChI=1S/C17H21ClN4O4/c1-4-26-16(23)13-9-19-15(18)5-14(13)21-11-8-20-22(10-11)12-6-17(7-12,24-2)25-3/h5,8-10,12H,4,6-7H2,1-3H3,(H,19,21). The van der Waals surface area contributed by atoms with Gasteiger partial charge < -0.3 is 19.5 Å². The molecule has 1 fully saturated rings. The number of nitrogens with one attached hydrogen (secondary N) is 1. The van der Waals surface area contributed by atoms with Gasteiger partial charge in [0.15, 0.2) is 5.79 Å². The molecule has 140 valence electrons. The van der Waals surface area contributed by atoms with E-state index in [2.05, 4.69) is 15.4 Å². The molecule has 9 heteroatoms. The van der Waals surface area contributed by atoms with E-state index in [1.807, 2.05) is 10.9 Å². The summed E-state index contributed by atoms with van der Waals surface area (Å²) in [5, 5.41) is 7.81. The molecule has 0 aliphatic heterocycles. The van der Waals surface area contributed by atoms with Crippen molar-refractivity contribution in [2.75, 3.05) is 26.1 Å². The van der Waals surface area contributed by atoms with Crippen molar-refractivity contribution in [3.63, 3.8) is 0 Å². The van der Waals surface area contributed by atoms with E-state index in [0.717, 1.165) is 18.5 Å². The molecule has 1 aliphatic carbocycles. The molecular formula is C17H21ClN4O4. The molecule has 0 amide bonds. The Morgan fingerprint density at radius 1 is 1.38 bits per heavy atom. The molecule has 2 aromatic rings. The molecule has 3 rings (SSSR count). The van der Waals surface area contributed by atoms with Crippen LogP contribution in [0.1, 0.15) is 36.2 Å². The summed E-state index contributed by atoms with van der Waals surface area (Å²) >= 11 is 5.96. The van der Waals surface area contributed by atoms with Gasteiger partial charge in [-0.3, -0.25) is 4.68 Å². The lowest BCUT2D eigenvalue weighted by molar-refractivity contribution is -0.267. The molecule has 0 bridgehead atoms. The minimum absolute atomic E-state index is 0.191. The summed E-state index contributed by atoms with van der Waals surface area (Å²) in [5.74, 6) is -0.990. The molecule has 0 atom stereocenters. The third-order valence-corrected chi connectivity index (χ3v) is 4.66. The zero-order chi connectivity index (χ0) is 18.7. The third kappa shape index (κ3) is 3.67. The van der Waals surface area contributed by atoms with Gasteiger partial charge >= 0.3 is 5.97 Å². The van der Waals surface area contributed by atoms with E-state index in [1.165, 1.54) is 6.20 Å². The number of rotatable bonds is 7. The van der Waals surface area contributed by atoms with Crippen LogP contribution < -0.4 is 5.32 Å². The number of ether oxygens (including phenoxy) is 3. The first-order chi connectivity index (χ1) is 12.5. The lowest BCUT2D eigenvalue weighted by Crippen LogP contribution is -2.48. The van der Waals surface area contributed by atoms with Crippen molar-refractivity contribution in [3.8, 4) is 0 Å². The Hall–Kier alpha value is -2.16. The first-order valence-electron chi connectivity index (χ1n) is 8.24. The van der Waals surface area contributed by atoms with Gasteiger partial charge in [-0.1, -0.05) is 11.6 Å². The van der Waals surface area contributed by atoms with Crippen molar-refractivity contribution >= 4 is 28.9 Å². The molecule has 8 nitrogen and oxygen atoms in total. The van der Waals surface area contributed by atoms with E-state index >= 15 is 0 Å². The zero-order valence-electron chi connectivity index (χ0n) is 14.9. The highest BCUT2D eigenvalue weighted by Crippen LogP contribution is 2.44. The van der Waals surface area contributed by atoms with Crippen molar-refractivity contribution in [1.29, 1.82) is 0 Å². The molecule has 0 spiro atoms. The first-order valence-corrected chi connectivity index (χ1v) is 8.62. The highest BCUT2D eigenvalue weighted by atomic mass is 35.5. The van der Waals surface area contributed by atoms with Gasteiger partial charge in [-0.2, -0.15) is 5.10 Å². The molecule has 0 radical (unpaired) electrons. The van der Waals surface area contributed by atoms with Crippen LogP contribution in [-0.2, 0) is 14.2 Å². The largest absolute Gasteiger partial charge is 0.462 e. The normalized spacial score (nSPS) is 16.2. The second-order valence-electron chi connectivity index (χ2n) is 5.99. The number of pyridine rings is 1. The van der Waals surface area contributed by atoms with Gasteiger partial charge in [-0.15, -0.1) is 0 Å². The Morgan fingerprint density at radius 3 is 2.77 bits per heavy atom. The molecule has 1 saturated carbocycles. The fourth-order valence-electron chi connectivity index (χ4n) is 2.92. The average molecular weight is 381 g/mol. The van der Waals surface area contributed by atoms with Crippen molar-refractivity contribution in [2.24, 2.45) is 0 Å². The Bertz CT molecular complexity index is 783. The Balaban J connectivity index is 1.74. The van der Waals surface area contributed by atoms with Crippen LogP contribution in [0.2, 0.25) is 5.15 Å². The Labute approximate surface area is 156 Å². The third-order valence-electron chi connectivity index (χ3n) is 4.46. The van der Waals surface area contributed by atoms with E-state index in [1.54, 1.807) is 33.4 Å². The van der Waals surface area contributed by atoms with Gasteiger partial charge in [0.05, 0.1) is 30.2 Å². The first kappa shape index (κ1) is 18.6. The monoisotopic (exact) mass is 380 g/mol. The van der Waals surface area contributed by atoms with Crippen LogP contribution in [-0.4, -0.2) is 47.3 Å². The molecule has 1 N–H and O–H groups in total.